The van der Waals surface area contributed by atoms with E-state index in [0.29, 0.717) is 21.9 Å². The summed E-state index contributed by atoms with van der Waals surface area (Å²) < 4.78 is 6.49. The second-order valence-electron chi connectivity index (χ2n) is 4.39. The lowest BCUT2D eigenvalue weighted by atomic mass is 10.1. The van der Waals surface area contributed by atoms with Gasteiger partial charge in [0.05, 0.1) is 16.7 Å². The number of nitriles is 1. The van der Waals surface area contributed by atoms with Crippen molar-refractivity contribution in [2.75, 3.05) is 0 Å². The zero-order chi connectivity index (χ0) is 15.4. The van der Waals surface area contributed by atoms with Gasteiger partial charge in [-0.25, -0.2) is 0 Å². The van der Waals surface area contributed by atoms with E-state index < -0.39 is 6.10 Å². The Bertz CT molecular complexity index is 707. The molecular formula is C16H11BrClNO2. The van der Waals surface area contributed by atoms with E-state index in [4.69, 9.17) is 21.6 Å². The van der Waals surface area contributed by atoms with Gasteiger partial charge < -0.3 is 4.74 Å². The lowest BCUT2D eigenvalue weighted by Gasteiger charge is -2.15. The topological polar surface area (TPSA) is 50.1 Å². The molecule has 2 aromatic carbocycles. The fourth-order valence-electron chi connectivity index (χ4n) is 1.76. The first kappa shape index (κ1) is 15.6. The molecule has 5 heteroatoms. The zero-order valence-electron chi connectivity index (χ0n) is 11.1. The summed E-state index contributed by atoms with van der Waals surface area (Å²) in [6.45, 7) is 1.67. The highest BCUT2D eigenvalue weighted by atomic mass is 79.9. The average molecular weight is 365 g/mol. The van der Waals surface area contributed by atoms with Gasteiger partial charge in [0, 0.05) is 10.0 Å². The average Bonchev–Trinajstić information content (AvgIpc) is 2.49. The SMILES string of the molecule is C[C@@H](Oc1ccc(C#N)cc1Cl)C(=O)c1ccc(Br)cc1. The van der Waals surface area contributed by atoms with Crippen LogP contribution in [0.3, 0.4) is 0 Å². The van der Waals surface area contributed by atoms with E-state index in [2.05, 4.69) is 15.9 Å². The standard InChI is InChI=1S/C16H11BrClNO2/c1-10(16(20)12-3-5-13(17)6-4-12)21-15-7-2-11(9-19)8-14(15)18/h2-8,10H,1H3/t10-/m1/s1. The molecule has 0 unspecified atom stereocenters. The molecule has 21 heavy (non-hydrogen) atoms. The summed E-state index contributed by atoms with van der Waals surface area (Å²) >= 11 is 9.35. The van der Waals surface area contributed by atoms with Crippen molar-refractivity contribution in [1.29, 1.82) is 5.26 Å². The summed E-state index contributed by atoms with van der Waals surface area (Å²) in [5, 5.41) is 9.10. The number of Topliss-reactive ketones (excluding diaryl/α,β-unsaturated/α-hetero) is 1. The maximum atomic E-state index is 12.3. The second-order valence-corrected chi connectivity index (χ2v) is 5.71. The van der Waals surface area contributed by atoms with Crippen molar-refractivity contribution in [3.8, 4) is 11.8 Å². The summed E-state index contributed by atoms with van der Waals surface area (Å²) in [6.07, 6.45) is -0.670. The summed E-state index contributed by atoms with van der Waals surface area (Å²) in [5.74, 6) is 0.247. The number of halogens is 2. The van der Waals surface area contributed by atoms with Crippen LogP contribution in [0.15, 0.2) is 46.9 Å². The van der Waals surface area contributed by atoms with Crippen LogP contribution in [0.4, 0.5) is 0 Å². The number of hydrogen-bond acceptors (Lipinski definition) is 3. The van der Waals surface area contributed by atoms with Crippen LogP contribution in [0.25, 0.3) is 0 Å². The van der Waals surface area contributed by atoms with Gasteiger partial charge in [-0.3, -0.25) is 4.79 Å². The molecule has 2 rings (SSSR count). The Morgan fingerprint density at radius 2 is 1.95 bits per heavy atom. The third-order valence-electron chi connectivity index (χ3n) is 2.86. The van der Waals surface area contributed by atoms with Crippen molar-refractivity contribution in [2.24, 2.45) is 0 Å². The molecule has 0 aromatic heterocycles. The van der Waals surface area contributed by atoms with Gasteiger partial charge in [-0.1, -0.05) is 39.7 Å². The third-order valence-corrected chi connectivity index (χ3v) is 3.69. The molecule has 3 nitrogen and oxygen atoms in total. The fraction of sp³-hybridized carbons (Fsp3) is 0.125. The summed E-state index contributed by atoms with van der Waals surface area (Å²) in [6, 6.07) is 13.7. The van der Waals surface area contributed by atoms with Crippen LogP contribution in [-0.4, -0.2) is 11.9 Å². The van der Waals surface area contributed by atoms with Gasteiger partial charge in [0.1, 0.15) is 5.75 Å². The first-order chi connectivity index (χ1) is 10.0. The fourth-order valence-corrected chi connectivity index (χ4v) is 2.25. The second kappa shape index (κ2) is 6.75. The third kappa shape index (κ3) is 3.84. The summed E-state index contributed by atoms with van der Waals surface area (Å²) in [4.78, 5) is 12.3. The smallest absolute Gasteiger partial charge is 0.202 e. The van der Waals surface area contributed by atoms with Gasteiger partial charge in [0.25, 0.3) is 0 Å². The van der Waals surface area contributed by atoms with Crippen LogP contribution in [0.1, 0.15) is 22.8 Å². The van der Waals surface area contributed by atoms with E-state index >= 15 is 0 Å². The number of carbonyl (C=O) groups excluding carboxylic acids is 1. The highest BCUT2D eigenvalue weighted by Crippen LogP contribution is 2.26. The van der Waals surface area contributed by atoms with Gasteiger partial charge in [-0.05, 0) is 37.3 Å². The minimum absolute atomic E-state index is 0.136. The van der Waals surface area contributed by atoms with Crippen LogP contribution in [0.2, 0.25) is 5.02 Å². The lowest BCUT2D eigenvalue weighted by Crippen LogP contribution is -2.24. The Hall–Kier alpha value is -1.83. The van der Waals surface area contributed by atoms with Crippen molar-refractivity contribution in [3.05, 3.63) is 63.1 Å². The van der Waals surface area contributed by atoms with Crippen molar-refractivity contribution in [1.82, 2.24) is 0 Å². The number of rotatable bonds is 4. The molecule has 2 aromatic rings. The molecule has 0 N–H and O–H groups in total. The molecule has 0 radical (unpaired) electrons. The number of ketones is 1. The van der Waals surface area contributed by atoms with Crippen LogP contribution in [0.5, 0.6) is 5.75 Å². The lowest BCUT2D eigenvalue weighted by molar-refractivity contribution is 0.0818. The van der Waals surface area contributed by atoms with Gasteiger partial charge in [0.2, 0.25) is 5.78 Å². The van der Waals surface area contributed by atoms with Crippen LogP contribution in [-0.2, 0) is 0 Å². The molecule has 0 amide bonds. The molecule has 0 aliphatic rings. The van der Waals surface area contributed by atoms with E-state index in [0.717, 1.165) is 4.47 Å². The van der Waals surface area contributed by atoms with E-state index in [9.17, 15) is 4.79 Å². The first-order valence-corrected chi connectivity index (χ1v) is 7.34. The Morgan fingerprint density at radius 1 is 1.29 bits per heavy atom. The molecule has 0 heterocycles. The van der Waals surface area contributed by atoms with Crippen LogP contribution in [0, 0.1) is 11.3 Å². The number of nitrogens with zero attached hydrogens (tertiary/aromatic N) is 1. The number of carbonyl (C=O) groups is 1. The van der Waals surface area contributed by atoms with E-state index in [1.54, 1.807) is 43.3 Å². The van der Waals surface area contributed by atoms with Gasteiger partial charge >= 0.3 is 0 Å². The van der Waals surface area contributed by atoms with Crippen LogP contribution < -0.4 is 4.74 Å². The molecule has 0 fully saturated rings. The molecule has 0 aliphatic heterocycles. The molecule has 0 saturated carbocycles. The Morgan fingerprint density at radius 3 is 2.52 bits per heavy atom. The van der Waals surface area contributed by atoms with Crippen molar-refractivity contribution < 1.29 is 9.53 Å². The number of benzene rings is 2. The Balaban J connectivity index is 2.14. The molecule has 0 spiro atoms. The first-order valence-electron chi connectivity index (χ1n) is 6.17. The minimum atomic E-state index is -0.670. The van der Waals surface area contributed by atoms with Crippen molar-refractivity contribution >= 4 is 33.3 Å². The Kier molecular flexibility index (Phi) is 5.00. The predicted octanol–water partition coefficient (Wildman–Crippen LogP) is 4.62. The quantitative estimate of drug-likeness (QED) is 0.744. The zero-order valence-corrected chi connectivity index (χ0v) is 13.5. The summed E-state index contributed by atoms with van der Waals surface area (Å²) in [7, 11) is 0. The highest BCUT2D eigenvalue weighted by molar-refractivity contribution is 9.10. The van der Waals surface area contributed by atoms with E-state index in [1.807, 2.05) is 6.07 Å². The van der Waals surface area contributed by atoms with Crippen molar-refractivity contribution in [3.63, 3.8) is 0 Å². The summed E-state index contributed by atoms with van der Waals surface area (Å²) in [5.41, 5.74) is 1.01. The molecule has 106 valence electrons. The molecule has 1 atom stereocenters. The number of ether oxygens (including phenoxy) is 1. The Labute approximate surface area is 136 Å². The molecule has 0 bridgehead atoms. The van der Waals surface area contributed by atoms with E-state index in [-0.39, 0.29) is 5.78 Å². The van der Waals surface area contributed by atoms with E-state index in [1.165, 1.54) is 6.07 Å². The largest absolute Gasteiger partial charge is 0.481 e. The molecular weight excluding hydrogens is 354 g/mol. The van der Waals surface area contributed by atoms with Gasteiger partial charge in [0.15, 0.2) is 6.10 Å². The maximum absolute atomic E-state index is 12.3. The molecule has 0 aliphatic carbocycles. The highest BCUT2D eigenvalue weighted by Gasteiger charge is 2.18. The normalized spacial score (nSPS) is 11.5. The van der Waals surface area contributed by atoms with Crippen LogP contribution >= 0.6 is 27.5 Å². The number of hydrogen-bond donors (Lipinski definition) is 0. The monoisotopic (exact) mass is 363 g/mol. The van der Waals surface area contributed by atoms with Crippen molar-refractivity contribution in [2.45, 2.75) is 13.0 Å². The minimum Gasteiger partial charge on any atom is -0.481 e. The van der Waals surface area contributed by atoms with Gasteiger partial charge in [-0.2, -0.15) is 5.26 Å². The molecule has 0 saturated heterocycles. The predicted molar refractivity (Wildman–Crippen MR) is 84.7 cm³/mol. The van der Waals surface area contributed by atoms with Gasteiger partial charge in [-0.15, -0.1) is 0 Å². The maximum Gasteiger partial charge on any atom is 0.202 e.